The first-order valence-electron chi connectivity index (χ1n) is 7.99. The van der Waals surface area contributed by atoms with E-state index in [0.717, 1.165) is 18.8 Å². The van der Waals surface area contributed by atoms with Gasteiger partial charge in [0.25, 0.3) is 0 Å². The van der Waals surface area contributed by atoms with Gasteiger partial charge < -0.3 is 10.6 Å². The van der Waals surface area contributed by atoms with Crippen molar-refractivity contribution in [1.29, 1.82) is 0 Å². The third-order valence-electron chi connectivity index (χ3n) is 5.44. The first kappa shape index (κ1) is 15.3. The van der Waals surface area contributed by atoms with E-state index >= 15 is 0 Å². The molecule has 1 aliphatic heterocycles. The predicted molar refractivity (Wildman–Crippen MR) is 79.1 cm³/mol. The summed E-state index contributed by atoms with van der Waals surface area (Å²) < 4.78 is 0. The zero-order valence-electron chi connectivity index (χ0n) is 13.0. The second-order valence-electron chi connectivity index (χ2n) is 7.10. The Morgan fingerprint density at radius 3 is 2.45 bits per heavy atom. The van der Waals surface area contributed by atoms with Crippen molar-refractivity contribution in [2.75, 3.05) is 6.54 Å². The second-order valence-corrected chi connectivity index (χ2v) is 7.10. The lowest BCUT2D eigenvalue weighted by atomic mass is 9.69. The highest BCUT2D eigenvalue weighted by Gasteiger charge is 2.34. The second kappa shape index (κ2) is 6.15. The van der Waals surface area contributed by atoms with Gasteiger partial charge in [-0.25, -0.2) is 0 Å². The molecule has 4 nitrogen and oxygen atoms in total. The van der Waals surface area contributed by atoms with Crippen LogP contribution in [-0.4, -0.2) is 24.4 Å². The van der Waals surface area contributed by atoms with Gasteiger partial charge in [-0.15, -0.1) is 0 Å². The molecular formula is C16H28N2O2. The molecule has 2 aliphatic rings. The molecular weight excluding hydrogens is 252 g/mol. The van der Waals surface area contributed by atoms with E-state index in [0.29, 0.717) is 24.4 Å². The molecule has 1 saturated heterocycles. The Kier molecular flexibility index (Phi) is 4.71. The zero-order valence-corrected chi connectivity index (χ0v) is 13.0. The van der Waals surface area contributed by atoms with E-state index in [1.807, 2.05) is 0 Å². The zero-order chi connectivity index (χ0) is 14.8. The highest BCUT2D eigenvalue weighted by atomic mass is 16.2. The minimum Gasteiger partial charge on any atom is -0.355 e. The fourth-order valence-electron chi connectivity index (χ4n) is 3.42. The van der Waals surface area contributed by atoms with Crippen LogP contribution in [0.2, 0.25) is 0 Å². The van der Waals surface area contributed by atoms with Crippen LogP contribution in [-0.2, 0) is 9.59 Å². The van der Waals surface area contributed by atoms with Crippen molar-refractivity contribution in [3.63, 3.8) is 0 Å². The number of hydrogen-bond acceptors (Lipinski definition) is 2. The van der Waals surface area contributed by atoms with Crippen LogP contribution in [0.1, 0.15) is 59.3 Å². The molecule has 0 aromatic rings. The largest absolute Gasteiger partial charge is 0.355 e. The van der Waals surface area contributed by atoms with E-state index in [1.54, 1.807) is 0 Å². The Bertz CT molecular complexity index is 371. The summed E-state index contributed by atoms with van der Waals surface area (Å²) in [6.45, 7) is 7.47. The molecule has 0 bridgehead atoms. The van der Waals surface area contributed by atoms with Crippen LogP contribution in [0.15, 0.2) is 0 Å². The maximum atomic E-state index is 12.1. The summed E-state index contributed by atoms with van der Waals surface area (Å²) in [7, 11) is 0. The van der Waals surface area contributed by atoms with Crippen LogP contribution >= 0.6 is 0 Å². The predicted octanol–water partition coefficient (Wildman–Crippen LogP) is 2.23. The van der Waals surface area contributed by atoms with Gasteiger partial charge in [-0.1, -0.05) is 27.2 Å². The van der Waals surface area contributed by atoms with E-state index in [2.05, 4.69) is 31.4 Å². The van der Waals surface area contributed by atoms with Crippen LogP contribution in [0.5, 0.6) is 0 Å². The van der Waals surface area contributed by atoms with Crippen molar-refractivity contribution in [2.24, 2.45) is 17.3 Å². The molecule has 4 heteroatoms. The third-order valence-corrected chi connectivity index (χ3v) is 5.44. The van der Waals surface area contributed by atoms with Gasteiger partial charge in [0.2, 0.25) is 11.8 Å². The summed E-state index contributed by atoms with van der Waals surface area (Å²) in [4.78, 5) is 23.2. The molecule has 0 aromatic carbocycles. The van der Waals surface area contributed by atoms with Crippen molar-refractivity contribution >= 4 is 11.8 Å². The summed E-state index contributed by atoms with van der Waals surface area (Å²) >= 11 is 0. The fraction of sp³-hybridized carbons (Fsp3) is 0.875. The number of carbonyl (C=O) groups excluding carboxylic acids is 2. The van der Waals surface area contributed by atoms with Gasteiger partial charge in [0.1, 0.15) is 0 Å². The van der Waals surface area contributed by atoms with Crippen LogP contribution in [0.3, 0.4) is 0 Å². The van der Waals surface area contributed by atoms with E-state index in [4.69, 9.17) is 0 Å². The molecule has 1 aliphatic carbocycles. The molecule has 0 aromatic heterocycles. The average molecular weight is 280 g/mol. The summed E-state index contributed by atoms with van der Waals surface area (Å²) in [5.41, 5.74) is 0.413. The summed E-state index contributed by atoms with van der Waals surface area (Å²) in [6.07, 6.45) is 6.12. The maximum absolute atomic E-state index is 12.1. The molecule has 114 valence electrons. The lowest BCUT2D eigenvalue weighted by Gasteiger charge is -2.39. The smallest absolute Gasteiger partial charge is 0.225 e. The van der Waals surface area contributed by atoms with Crippen molar-refractivity contribution in [1.82, 2.24) is 10.6 Å². The number of hydrogen-bond donors (Lipinski definition) is 2. The Balaban J connectivity index is 1.77. The van der Waals surface area contributed by atoms with Gasteiger partial charge in [-0.2, -0.15) is 0 Å². The highest BCUT2D eigenvalue weighted by molar-refractivity contribution is 5.89. The van der Waals surface area contributed by atoms with Crippen LogP contribution < -0.4 is 10.6 Å². The maximum Gasteiger partial charge on any atom is 0.225 e. The Hall–Kier alpha value is -1.06. The Labute approximate surface area is 122 Å². The molecule has 2 fully saturated rings. The molecule has 2 N–H and O–H groups in total. The lowest BCUT2D eigenvalue weighted by molar-refractivity contribution is -0.127. The molecule has 2 rings (SSSR count). The van der Waals surface area contributed by atoms with Crippen molar-refractivity contribution in [3.8, 4) is 0 Å². The molecule has 0 radical (unpaired) electrons. The molecule has 1 saturated carbocycles. The fourth-order valence-corrected chi connectivity index (χ4v) is 3.42. The van der Waals surface area contributed by atoms with Crippen LogP contribution in [0, 0.1) is 17.3 Å². The minimum absolute atomic E-state index is 0.00134. The molecule has 1 atom stereocenters. The van der Waals surface area contributed by atoms with Crippen molar-refractivity contribution < 1.29 is 9.59 Å². The van der Waals surface area contributed by atoms with Crippen LogP contribution in [0.25, 0.3) is 0 Å². The molecule has 1 heterocycles. The van der Waals surface area contributed by atoms with Gasteiger partial charge in [-0.05, 0) is 37.0 Å². The monoisotopic (exact) mass is 280 g/mol. The van der Waals surface area contributed by atoms with Crippen molar-refractivity contribution in [3.05, 3.63) is 0 Å². The summed E-state index contributed by atoms with van der Waals surface area (Å²) in [6, 6.07) is 0.308. The number of amides is 2. The number of carbonyl (C=O) groups is 2. The average Bonchev–Trinajstić information content (AvgIpc) is 2.86. The molecule has 1 unspecified atom stereocenters. The SMILES string of the molecule is CCC(C)(C)C1CCC(NC(=O)C2CNC(=O)C2)CC1. The topological polar surface area (TPSA) is 58.2 Å². The van der Waals surface area contributed by atoms with Crippen molar-refractivity contribution in [2.45, 2.75) is 65.3 Å². The summed E-state index contributed by atoms with van der Waals surface area (Å²) in [5, 5.41) is 5.86. The Morgan fingerprint density at radius 1 is 1.30 bits per heavy atom. The van der Waals surface area contributed by atoms with E-state index in [-0.39, 0.29) is 17.7 Å². The van der Waals surface area contributed by atoms with E-state index in [9.17, 15) is 9.59 Å². The molecule has 20 heavy (non-hydrogen) atoms. The number of nitrogens with one attached hydrogen (secondary N) is 2. The van der Waals surface area contributed by atoms with Gasteiger partial charge in [-0.3, -0.25) is 9.59 Å². The number of rotatable bonds is 4. The molecule has 2 amide bonds. The van der Waals surface area contributed by atoms with Gasteiger partial charge in [0.05, 0.1) is 5.92 Å². The standard InChI is InChI=1S/C16H28N2O2/c1-4-16(2,3)12-5-7-13(8-6-12)18-15(20)11-9-14(19)17-10-11/h11-13H,4-10H2,1-3H3,(H,17,19)(H,18,20). The summed E-state index contributed by atoms with van der Waals surface area (Å²) in [5.74, 6) is 0.669. The highest BCUT2D eigenvalue weighted by Crippen LogP contribution is 2.40. The third kappa shape index (κ3) is 3.53. The normalized spacial score (nSPS) is 30.9. The minimum atomic E-state index is -0.160. The first-order valence-corrected chi connectivity index (χ1v) is 7.99. The first-order chi connectivity index (χ1) is 9.42. The quantitative estimate of drug-likeness (QED) is 0.829. The van der Waals surface area contributed by atoms with Crippen LogP contribution in [0.4, 0.5) is 0 Å². The van der Waals surface area contributed by atoms with Gasteiger partial charge in [0.15, 0.2) is 0 Å². The Morgan fingerprint density at radius 2 is 1.95 bits per heavy atom. The van der Waals surface area contributed by atoms with E-state index < -0.39 is 0 Å². The van der Waals surface area contributed by atoms with Gasteiger partial charge in [0, 0.05) is 19.0 Å². The lowest BCUT2D eigenvalue weighted by Crippen LogP contribution is -2.42. The van der Waals surface area contributed by atoms with Gasteiger partial charge >= 0.3 is 0 Å². The molecule has 0 spiro atoms. The van der Waals surface area contributed by atoms with E-state index in [1.165, 1.54) is 19.3 Å².